The number of amidine groups is 1. The Kier molecular flexibility index (Phi) is 6.61. The number of carbonyl (C=O) groups excluding carboxylic acids is 1. The van der Waals surface area contributed by atoms with E-state index in [1.165, 1.54) is 11.8 Å². The Labute approximate surface area is 178 Å². The van der Waals surface area contributed by atoms with Crippen LogP contribution in [0.4, 0.5) is 11.4 Å². The molecule has 1 aliphatic rings. The van der Waals surface area contributed by atoms with Crippen LogP contribution >= 0.6 is 23.4 Å². The van der Waals surface area contributed by atoms with Gasteiger partial charge in [0.15, 0.2) is 5.17 Å². The Hall–Kier alpha value is -2.77. The molecule has 0 bridgehead atoms. The molecule has 1 amide bonds. The number of halogens is 1. The molecule has 8 heteroatoms. The molecule has 0 saturated carbocycles. The van der Waals surface area contributed by atoms with Crippen molar-refractivity contribution in [2.24, 2.45) is 4.99 Å². The molecule has 0 radical (unpaired) electrons. The number of benzene rings is 2. The van der Waals surface area contributed by atoms with Gasteiger partial charge in [0, 0.05) is 37.0 Å². The number of hydrogen-bond donors (Lipinski definition) is 1. The van der Waals surface area contributed by atoms with Crippen molar-refractivity contribution < 1.29 is 14.7 Å². The van der Waals surface area contributed by atoms with Crippen molar-refractivity contribution in [2.75, 3.05) is 30.4 Å². The van der Waals surface area contributed by atoms with Crippen LogP contribution in [0.3, 0.4) is 0 Å². The van der Waals surface area contributed by atoms with Gasteiger partial charge in [-0.1, -0.05) is 23.7 Å². The van der Waals surface area contributed by atoms with Gasteiger partial charge in [-0.3, -0.25) is 9.59 Å². The molecular weight excluding hydrogens is 410 g/mol. The molecule has 150 valence electrons. The number of amides is 1. The fourth-order valence-corrected chi connectivity index (χ4v) is 3.78. The highest BCUT2D eigenvalue weighted by atomic mass is 35.5. The number of carbonyl (C=O) groups is 2. The van der Waals surface area contributed by atoms with Gasteiger partial charge in [-0.05, 0) is 59.8 Å². The Morgan fingerprint density at radius 3 is 2.31 bits per heavy atom. The normalized spacial score (nSPS) is 14.8. The van der Waals surface area contributed by atoms with Gasteiger partial charge in [0.25, 0.3) is 5.91 Å². The van der Waals surface area contributed by atoms with Crippen LogP contribution in [-0.2, 0) is 9.59 Å². The number of carboxylic acids is 1. The van der Waals surface area contributed by atoms with Crippen molar-refractivity contribution in [3.63, 3.8) is 0 Å². The summed E-state index contributed by atoms with van der Waals surface area (Å²) in [6, 6.07) is 14.8. The number of aliphatic carboxylic acids is 1. The second-order valence-electron chi connectivity index (χ2n) is 6.57. The van der Waals surface area contributed by atoms with E-state index in [-0.39, 0.29) is 18.9 Å². The summed E-state index contributed by atoms with van der Waals surface area (Å²) in [6.07, 6.45) is 1.71. The lowest BCUT2D eigenvalue weighted by molar-refractivity contribution is -0.136. The van der Waals surface area contributed by atoms with Crippen LogP contribution in [0.5, 0.6) is 0 Å². The predicted octanol–water partition coefficient (Wildman–Crippen LogP) is 4.36. The number of aliphatic imine (C=N–C) groups is 1. The van der Waals surface area contributed by atoms with Crippen molar-refractivity contribution in [3.05, 3.63) is 64.0 Å². The number of nitrogens with zero attached hydrogens (tertiary/aromatic N) is 3. The second-order valence-corrected chi connectivity index (χ2v) is 8.01. The molecule has 0 spiro atoms. The molecule has 0 saturated heterocycles. The first-order valence-corrected chi connectivity index (χ1v) is 10.1. The number of anilines is 2. The van der Waals surface area contributed by atoms with Gasteiger partial charge in [0.2, 0.25) is 0 Å². The molecule has 2 aromatic rings. The highest BCUT2D eigenvalue weighted by Gasteiger charge is 2.27. The third-order valence-electron chi connectivity index (χ3n) is 4.23. The van der Waals surface area contributed by atoms with Crippen molar-refractivity contribution in [1.82, 2.24) is 0 Å². The van der Waals surface area contributed by atoms with E-state index in [1.807, 2.05) is 43.3 Å². The topological polar surface area (TPSA) is 73.2 Å². The van der Waals surface area contributed by atoms with Crippen LogP contribution in [-0.4, -0.2) is 42.8 Å². The van der Waals surface area contributed by atoms with E-state index in [9.17, 15) is 9.59 Å². The van der Waals surface area contributed by atoms with Crippen LogP contribution in [0.25, 0.3) is 6.08 Å². The van der Waals surface area contributed by atoms with Crippen molar-refractivity contribution in [2.45, 2.75) is 6.42 Å². The molecule has 0 aliphatic carbocycles. The maximum absolute atomic E-state index is 12.4. The van der Waals surface area contributed by atoms with Crippen LogP contribution in [0.15, 0.2) is 58.4 Å². The van der Waals surface area contributed by atoms with Gasteiger partial charge >= 0.3 is 5.97 Å². The number of thioether (sulfide) groups is 1. The van der Waals surface area contributed by atoms with Gasteiger partial charge in [-0.2, -0.15) is 4.99 Å². The molecule has 6 nitrogen and oxygen atoms in total. The SMILES string of the molecule is CN(C)c1ccc(C=C2SC(N(CCC(=O)O)c3ccc(Cl)cc3)=NC2=O)cc1. The fraction of sp³-hybridized carbons (Fsp3) is 0.190. The molecule has 0 atom stereocenters. The summed E-state index contributed by atoms with van der Waals surface area (Å²) in [5.41, 5.74) is 2.69. The molecule has 1 aliphatic heterocycles. The largest absolute Gasteiger partial charge is 0.481 e. The molecule has 2 aromatic carbocycles. The van der Waals surface area contributed by atoms with E-state index in [2.05, 4.69) is 4.99 Å². The average molecular weight is 430 g/mol. The molecule has 3 rings (SSSR count). The summed E-state index contributed by atoms with van der Waals surface area (Å²) in [6.45, 7) is 0.195. The Bertz CT molecular complexity index is 970. The first-order chi connectivity index (χ1) is 13.8. The quantitative estimate of drug-likeness (QED) is 0.688. The Morgan fingerprint density at radius 2 is 1.72 bits per heavy atom. The van der Waals surface area contributed by atoms with E-state index >= 15 is 0 Å². The Morgan fingerprint density at radius 1 is 1.10 bits per heavy atom. The minimum Gasteiger partial charge on any atom is -0.481 e. The molecule has 1 N–H and O–H groups in total. The van der Waals surface area contributed by atoms with E-state index < -0.39 is 5.97 Å². The summed E-state index contributed by atoms with van der Waals surface area (Å²) >= 11 is 7.19. The standard InChI is InChI=1S/C21H20ClN3O3S/c1-24(2)16-7-3-14(4-8-16)13-18-20(28)23-21(29-18)25(12-11-19(26)27)17-9-5-15(22)6-10-17/h3-10,13H,11-12H2,1-2H3,(H,26,27). The van der Waals surface area contributed by atoms with E-state index in [1.54, 1.807) is 35.2 Å². The zero-order valence-corrected chi connectivity index (χ0v) is 17.6. The van der Waals surface area contributed by atoms with Crippen molar-refractivity contribution in [1.29, 1.82) is 0 Å². The van der Waals surface area contributed by atoms with Gasteiger partial charge in [0.05, 0.1) is 11.3 Å². The lowest BCUT2D eigenvalue weighted by atomic mass is 10.2. The van der Waals surface area contributed by atoms with E-state index in [0.717, 1.165) is 16.9 Å². The summed E-state index contributed by atoms with van der Waals surface area (Å²) < 4.78 is 0. The first kappa shape index (κ1) is 21.0. The highest BCUT2D eigenvalue weighted by Crippen LogP contribution is 2.33. The van der Waals surface area contributed by atoms with Crippen molar-refractivity contribution >= 4 is 57.9 Å². The zero-order valence-electron chi connectivity index (χ0n) is 16.0. The monoisotopic (exact) mass is 429 g/mol. The molecule has 1 heterocycles. The summed E-state index contributed by atoms with van der Waals surface area (Å²) in [5, 5.41) is 10.1. The van der Waals surface area contributed by atoms with E-state index in [0.29, 0.717) is 15.1 Å². The number of carboxylic acid groups (broad SMARTS) is 1. The summed E-state index contributed by atoms with van der Waals surface area (Å²) in [7, 11) is 3.93. The van der Waals surface area contributed by atoms with Crippen LogP contribution in [0.1, 0.15) is 12.0 Å². The number of hydrogen-bond acceptors (Lipinski definition) is 5. The molecule has 0 unspecified atom stereocenters. The molecule has 0 aromatic heterocycles. The second kappa shape index (κ2) is 9.15. The minimum absolute atomic E-state index is 0.0819. The van der Waals surface area contributed by atoms with Crippen LogP contribution < -0.4 is 9.80 Å². The maximum atomic E-state index is 12.4. The lowest BCUT2D eigenvalue weighted by Crippen LogP contribution is -2.30. The minimum atomic E-state index is -0.921. The predicted molar refractivity (Wildman–Crippen MR) is 120 cm³/mol. The third kappa shape index (κ3) is 5.40. The molecule has 29 heavy (non-hydrogen) atoms. The molecule has 0 fully saturated rings. The van der Waals surface area contributed by atoms with Crippen molar-refractivity contribution in [3.8, 4) is 0 Å². The molecular formula is C21H20ClN3O3S. The van der Waals surface area contributed by atoms with E-state index in [4.69, 9.17) is 16.7 Å². The van der Waals surface area contributed by atoms with Gasteiger partial charge in [-0.25, -0.2) is 0 Å². The zero-order chi connectivity index (χ0) is 21.0. The summed E-state index contributed by atoms with van der Waals surface area (Å²) in [5.74, 6) is -1.26. The van der Waals surface area contributed by atoms with Crippen LogP contribution in [0, 0.1) is 0 Å². The van der Waals surface area contributed by atoms with Gasteiger partial charge in [0.1, 0.15) is 0 Å². The highest BCUT2D eigenvalue weighted by molar-refractivity contribution is 8.18. The number of rotatable bonds is 6. The maximum Gasteiger partial charge on any atom is 0.305 e. The third-order valence-corrected chi connectivity index (χ3v) is 5.49. The fourth-order valence-electron chi connectivity index (χ4n) is 2.70. The average Bonchev–Trinajstić information content (AvgIpc) is 3.03. The van der Waals surface area contributed by atoms with Crippen LogP contribution in [0.2, 0.25) is 5.02 Å². The Balaban J connectivity index is 1.83. The smallest absolute Gasteiger partial charge is 0.305 e. The van der Waals surface area contributed by atoms with Gasteiger partial charge < -0.3 is 14.9 Å². The van der Waals surface area contributed by atoms with Gasteiger partial charge in [-0.15, -0.1) is 0 Å². The first-order valence-electron chi connectivity index (χ1n) is 8.88. The lowest BCUT2D eigenvalue weighted by Gasteiger charge is -2.23. The summed E-state index contributed by atoms with van der Waals surface area (Å²) in [4.78, 5) is 31.9.